The van der Waals surface area contributed by atoms with Gasteiger partial charge < -0.3 is 0 Å². The van der Waals surface area contributed by atoms with Crippen molar-refractivity contribution in [3.63, 3.8) is 0 Å². The van der Waals surface area contributed by atoms with Gasteiger partial charge in [-0.25, -0.2) is 13.1 Å². The highest BCUT2D eigenvalue weighted by Crippen LogP contribution is 2.18. The van der Waals surface area contributed by atoms with Crippen LogP contribution in [0.3, 0.4) is 0 Å². The second-order valence-electron chi connectivity index (χ2n) is 5.07. The van der Waals surface area contributed by atoms with E-state index in [1.807, 2.05) is 18.2 Å². The monoisotopic (exact) mass is 359 g/mol. The Bertz CT molecular complexity index is 947. The molecule has 7 heteroatoms. The van der Waals surface area contributed by atoms with Gasteiger partial charge in [-0.2, -0.15) is 0 Å². The van der Waals surface area contributed by atoms with Gasteiger partial charge in [0.15, 0.2) is 0 Å². The van der Waals surface area contributed by atoms with Gasteiger partial charge >= 0.3 is 0 Å². The molecule has 0 amide bonds. The summed E-state index contributed by atoms with van der Waals surface area (Å²) < 4.78 is 27.2. The third-order valence-electron chi connectivity index (χ3n) is 3.35. The zero-order chi connectivity index (χ0) is 17.0. The first-order valence-corrected chi connectivity index (χ1v) is 9.01. The lowest BCUT2D eigenvalue weighted by molar-refractivity contribution is 0.581. The molecular formula is C17H14ClN3O2S. The first kappa shape index (κ1) is 16.6. The SMILES string of the molecule is O=S(=O)(NCc1ccnc(-c2cccnc2)c1)c1cccc(Cl)c1. The molecule has 2 heterocycles. The second kappa shape index (κ2) is 7.09. The molecule has 122 valence electrons. The number of hydrogen-bond acceptors (Lipinski definition) is 4. The summed E-state index contributed by atoms with van der Waals surface area (Å²) in [6, 6.07) is 13.5. The smallest absolute Gasteiger partial charge is 0.240 e. The minimum absolute atomic E-state index is 0.136. The van der Waals surface area contributed by atoms with Gasteiger partial charge in [-0.1, -0.05) is 17.7 Å². The van der Waals surface area contributed by atoms with Crippen molar-refractivity contribution in [1.82, 2.24) is 14.7 Å². The summed E-state index contributed by atoms with van der Waals surface area (Å²) in [5.74, 6) is 0. The van der Waals surface area contributed by atoms with E-state index in [0.29, 0.717) is 5.02 Å². The third kappa shape index (κ3) is 3.97. The Morgan fingerprint density at radius 1 is 1.04 bits per heavy atom. The molecular weight excluding hydrogens is 346 g/mol. The number of hydrogen-bond donors (Lipinski definition) is 1. The molecule has 5 nitrogen and oxygen atoms in total. The Labute approximate surface area is 145 Å². The highest BCUT2D eigenvalue weighted by atomic mass is 35.5. The van der Waals surface area contributed by atoms with Crippen LogP contribution >= 0.6 is 11.6 Å². The summed E-state index contributed by atoms with van der Waals surface area (Å²) in [6.45, 7) is 0.157. The fraction of sp³-hybridized carbons (Fsp3) is 0.0588. The van der Waals surface area contributed by atoms with Crippen molar-refractivity contribution in [2.45, 2.75) is 11.4 Å². The van der Waals surface area contributed by atoms with Crippen molar-refractivity contribution in [2.75, 3.05) is 0 Å². The number of aromatic nitrogens is 2. The van der Waals surface area contributed by atoms with Gasteiger partial charge in [-0.05, 0) is 48.0 Å². The standard InChI is InChI=1S/C17H14ClN3O2S/c18-15-4-1-5-16(10-15)24(22,23)21-11-13-6-8-20-17(9-13)14-3-2-7-19-12-14/h1-10,12,21H,11H2. The van der Waals surface area contributed by atoms with Crippen LogP contribution in [0.15, 0.2) is 72.0 Å². The Balaban J connectivity index is 1.78. The van der Waals surface area contributed by atoms with Crippen molar-refractivity contribution in [1.29, 1.82) is 0 Å². The van der Waals surface area contributed by atoms with Crippen LogP contribution in [0.1, 0.15) is 5.56 Å². The maximum absolute atomic E-state index is 12.3. The number of sulfonamides is 1. The van der Waals surface area contributed by atoms with Crippen LogP contribution in [0, 0.1) is 0 Å². The van der Waals surface area contributed by atoms with Crippen LogP contribution < -0.4 is 4.72 Å². The molecule has 1 N–H and O–H groups in total. The lowest BCUT2D eigenvalue weighted by atomic mass is 10.1. The van der Waals surface area contributed by atoms with Crippen LogP contribution in [0.5, 0.6) is 0 Å². The number of rotatable bonds is 5. The van der Waals surface area contributed by atoms with E-state index in [1.165, 1.54) is 12.1 Å². The van der Waals surface area contributed by atoms with E-state index in [-0.39, 0.29) is 11.4 Å². The first-order chi connectivity index (χ1) is 11.5. The van der Waals surface area contributed by atoms with Crippen LogP contribution in [-0.2, 0) is 16.6 Å². The van der Waals surface area contributed by atoms with E-state index in [9.17, 15) is 8.42 Å². The molecule has 0 aliphatic heterocycles. The molecule has 2 aromatic heterocycles. The number of nitrogens with one attached hydrogen (secondary N) is 1. The average molecular weight is 360 g/mol. The maximum Gasteiger partial charge on any atom is 0.240 e. The molecule has 0 aliphatic rings. The molecule has 24 heavy (non-hydrogen) atoms. The summed E-state index contributed by atoms with van der Waals surface area (Å²) in [6.07, 6.45) is 5.04. The van der Waals surface area contributed by atoms with Gasteiger partial charge in [-0.3, -0.25) is 9.97 Å². The highest BCUT2D eigenvalue weighted by Gasteiger charge is 2.14. The molecule has 0 saturated carbocycles. The molecule has 0 fully saturated rings. The molecule has 0 unspecified atom stereocenters. The predicted molar refractivity (Wildman–Crippen MR) is 92.9 cm³/mol. The molecule has 0 radical (unpaired) electrons. The third-order valence-corrected chi connectivity index (χ3v) is 4.99. The van der Waals surface area contributed by atoms with Gasteiger partial charge in [0.05, 0.1) is 10.6 Å². The molecule has 3 aromatic rings. The van der Waals surface area contributed by atoms with Gasteiger partial charge in [0.2, 0.25) is 10.0 Å². The van der Waals surface area contributed by atoms with Crippen LogP contribution in [0.25, 0.3) is 11.3 Å². The molecule has 0 spiro atoms. The van der Waals surface area contributed by atoms with E-state index in [1.54, 1.807) is 36.8 Å². The van der Waals surface area contributed by atoms with Crippen molar-refractivity contribution < 1.29 is 8.42 Å². The summed E-state index contributed by atoms with van der Waals surface area (Å²) >= 11 is 5.85. The van der Waals surface area contributed by atoms with Crippen LogP contribution in [-0.4, -0.2) is 18.4 Å². The zero-order valence-electron chi connectivity index (χ0n) is 12.6. The molecule has 0 aliphatic carbocycles. The summed E-state index contributed by atoms with van der Waals surface area (Å²) in [5, 5.41) is 0.376. The fourth-order valence-electron chi connectivity index (χ4n) is 2.15. The first-order valence-electron chi connectivity index (χ1n) is 7.15. The summed E-state index contributed by atoms with van der Waals surface area (Å²) in [4.78, 5) is 8.48. The van der Waals surface area contributed by atoms with Crippen molar-refractivity contribution in [3.05, 3.63) is 77.7 Å². The quantitative estimate of drug-likeness (QED) is 0.758. The normalized spacial score (nSPS) is 11.4. The minimum atomic E-state index is -3.63. The van der Waals surface area contributed by atoms with Gasteiger partial charge in [0, 0.05) is 35.7 Å². The van der Waals surface area contributed by atoms with E-state index >= 15 is 0 Å². The van der Waals surface area contributed by atoms with E-state index < -0.39 is 10.0 Å². The molecule has 0 saturated heterocycles. The fourth-order valence-corrected chi connectivity index (χ4v) is 3.47. The lowest BCUT2D eigenvalue weighted by Crippen LogP contribution is -2.23. The molecule has 3 rings (SSSR count). The van der Waals surface area contributed by atoms with Crippen molar-refractivity contribution in [3.8, 4) is 11.3 Å². The summed E-state index contributed by atoms with van der Waals surface area (Å²) in [7, 11) is -3.63. The summed E-state index contributed by atoms with van der Waals surface area (Å²) in [5.41, 5.74) is 2.41. The van der Waals surface area contributed by atoms with Gasteiger partial charge in [-0.15, -0.1) is 0 Å². The molecule has 1 aromatic carbocycles. The number of halogens is 1. The lowest BCUT2D eigenvalue weighted by Gasteiger charge is -2.08. The zero-order valence-corrected chi connectivity index (χ0v) is 14.1. The Morgan fingerprint density at radius 3 is 2.67 bits per heavy atom. The average Bonchev–Trinajstić information content (AvgIpc) is 2.61. The van der Waals surface area contributed by atoms with E-state index in [2.05, 4.69) is 14.7 Å². The predicted octanol–water partition coefficient (Wildman–Crippen LogP) is 3.28. The van der Waals surface area contributed by atoms with Crippen LogP contribution in [0.4, 0.5) is 0 Å². The molecule has 0 atom stereocenters. The maximum atomic E-state index is 12.3. The molecule has 0 bridgehead atoms. The van der Waals surface area contributed by atoms with E-state index in [4.69, 9.17) is 11.6 Å². The largest absolute Gasteiger partial charge is 0.264 e. The Hall–Kier alpha value is -2.28. The highest BCUT2D eigenvalue weighted by molar-refractivity contribution is 7.89. The Kier molecular flexibility index (Phi) is 4.89. The minimum Gasteiger partial charge on any atom is -0.264 e. The number of pyridine rings is 2. The number of benzene rings is 1. The van der Waals surface area contributed by atoms with Gasteiger partial charge in [0.1, 0.15) is 0 Å². The van der Waals surface area contributed by atoms with Crippen LogP contribution in [0.2, 0.25) is 5.02 Å². The van der Waals surface area contributed by atoms with Crippen molar-refractivity contribution >= 4 is 21.6 Å². The van der Waals surface area contributed by atoms with E-state index in [0.717, 1.165) is 16.8 Å². The van der Waals surface area contributed by atoms with Gasteiger partial charge in [0.25, 0.3) is 0 Å². The van der Waals surface area contributed by atoms with Crippen molar-refractivity contribution in [2.24, 2.45) is 0 Å². The number of nitrogens with zero attached hydrogens (tertiary/aromatic N) is 2. The second-order valence-corrected chi connectivity index (χ2v) is 7.28. The Morgan fingerprint density at radius 2 is 1.92 bits per heavy atom. The topological polar surface area (TPSA) is 72.0 Å².